The third-order valence-electron chi connectivity index (χ3n) is 2.69. The summed E-state index contributed by atoms with van der Waals surface area (Å²) in [5.74, 6) is 0.665. The van der Waals surface area contributed by atoms with Crippen LogP contribution < -0.4 is 5.32 Å². The molecule has 1 N–H and O–H groups in total. The second-order valence-electron chi connectivity index (χ2n) is 6.77. The number of rotatable bonds is 5. The van der Waals surface area contributed by atoms with Crippen LogP contribution in [0.4, 0.5) is 0 Å². The Balaban J connectivity index is 2.93. The average Bonchev–Trinajstić information content (AvgIpc) is 2.56. The van der Waals surface area contributed by atoms with Crippen LogP contribution in [-0.2, 0) is 18.4 Å². The lowest BCUT2D eigenvalue weighted by Gasteiger charge is -2.13. The van der Waals surface area contributed by atoms with Gasteiger partial charge in [0.15, 0.2) is 0 Å². The summed E-state index contributed by atoms with van der Waals surface area (Å²) in [6, 6.07) is 0.525. The molecule has 1 aromatic heterocycles. The summed E-state index contributed by atoms with van der Waals surface area (Å²) in [6.45, 7) is 16.6. The monoisotopic (exact) mass is 268 g/mol. The number of nitrogens with one attached hydrogen (secondary N) is 1. The smallest absolute Gasteiger partial charge is 0.0985 e. The van der Waals surface area contributed by atoms with Gasteiger partial charge in [-0.25, -0.2) is 4.98 Å². The predicted octanol–water partition coefficient (Wildman–Crippen LogP) is 4.14. The van der Waals surface area contributed by atoms with E-state index in [-0.39, 0.29) is 5.41 Å². The Bertz CT molecular complexity index is 372. The van der Waals surface area contributed by atoms with E-state index < -0.39 is 0 Å². The summed E-state index contributed by atoms with van der Waals surface area (Å²) in [5.41, 5.74) is 1.46. The Morgan fingerprint density at radius 1 is 1.17 bits per heavy atom. The molecule has 3 heteroatoms. The molecule has 0 radical (unpaired) electrons. The Morgan fingerprint density at radius 2 is 1.78 bits per heavy atom. The summed E-state index contributed by atoms with van der Waals surface area (Å²) >= 11 is 1.88. The molecule has 0 saturated heterocycles. The quantitative estimate of drug-likeness (QED) is 0.868. The molecule has 0 aliphatic heterocycles. The van der Waals surface area contributed by atoms with Gasteiger partial charge in [-0.15, -0.1) is 11.3 Å². The van der Waals surface area contributed by atoms with Gasteiger partial charge >= 0.3 is 0 Å². The lowest BCUT2D eigenvalue weighted by molar-refractivity contribution is 0.569. The number of hydrogen-bond acceptors (Lipinski definition) is 3. The van der Waals surface area contributed by atoms with E-state index in [9.17, 15) is 0 Å². The lowest BCUT2D eigenvalue weighted by Crippen LogP contribution is -2.22. The van der Waals surface area contributed by atoms with Crippen molar-refractivity contribution < 1.29 is 0 Å². The molecule has 0 unspecified atom stereocenters. The van der Waals surface area contributed by atoms with E-state index in [1.165, 1.54) is 15.6 Å². The predicted molar refractivity (Wildman–Crippen MR) is 81.3 cm³/mol. The van der Waals surface area contributed by atoms with E-state index in [0.717, 1.165) is 13.0 Å². The summed E-state index contributed by atoms with van der Waals surface area (Å²) in [7, 11) is 0. The highest BCUT2D eigenvalue weighted by atomic mass is 32.1. The van der Waals surface area contributed by atoms with Gasteiger partial charge in [-0.1, -0.05) is 48.5 Å². The molecule has 0 fully saturated rings. The zero-order valence-electron chi connectivity index (χ0n) is 12.9. The van der Waals surface area contributed by atoms with Crippen LogP contribution in [0.3, 0.4) is 0 Å². The molecule has 0 saturated carbocycles. The van der Waals surface area contributed by atoms with Crippen molar-refractivity contribution >= 4 is 11.3 Å². The Labute approximate surface area is 116 Å². The summed E-state index contributed by atoms with van der Waals surface area (Å²) in [5, 5.41) is 4.77. The van der Waals surface area contributed by atoms with Gasteiger partial charge in [-0.3, -0.25) is 0 Å². The van der Waals surface area contributed by atoms with Crippen LogP contribution in [0.5, 0.6) is 0 Å². The second-order valence-corrected chi connectivity index (χ2v) is 7.86. The van der Waals surface area contributed by atoms with Crippen molar-refractivity contribution in [3.63, 3.8) is 0 Å². The highest BCUT2D eigenvalue weighted by Gasteiger charge is 2.21. The van der Waals surface area contributed by atoms with Crippen LogP contribution in [0.1, 0.15) is 64.0 Å². The number of aromatic nitrogens is 1. The maximum Gasteiger partial charge on any atom is 0.0985 e. The first-order valence-electron chi connectivity index (χ1n) is 6.92. The van der Waals surface area contributed by atoms with Crippen LogP contribution in [0.15, 0.2) is 0 Å². The zero-order chi connectivity index (χ0) is 13.9. The molecule has 0 amide bonds. The topological polar surface area (TPSA) is 24.9 Å². The molecule has 1 heterocycles. The van der Waals surface area contributed by atoms with Crippen LogP contribution in [0.25, 0.3) is 0 Å². The Hall–Kier alpha value is -0.410. The lowest BCUT2D eigenvalue weighted by atomic mass is 9.98. The average molecular weight is 268 g/mol. The van der Waals surface area contributed by atoms with Crippen molar-refractivity contribution in [2.24, 2.45) is 5.92 Å². The molecule has 0 atom stereocenters. The van der Waals surface area contributed by atoms with E-state index in [4.69, 9.17) is 4.98 Å². The number of nitrogens with zero attached hydrogens (tertiary/aromatic N) is 1. The van der Waals surface area contributed by atoms with Crippen LogP contribution in [-0.4, -0.2) is 11.0 Å². The van der Waals surface area contributed by atoms with Gasteiger partial charge in [-0.05, 0) is 12.3 Å². The first-order valence-corrected chi connectivity index (χ1v) is 7.74. The molecule has 1 rings (SSSR count). The molecular formula is C15H28N2S. The fraction of sp³-hybridized carbons (Fsp3) is 0.800. The van der Waals surface area contributed by atoms with E-state index in [0.29, 0.717) is 12.0 Å². The van der Waals surface area contributed by atoms with Gasteiger partial charge in [-0.2, -0.15) is 0 Å². The molecule has 1 aromatic rings. The van der Waals surface area contributed by atoms with E-state index in [1.807, 2.05) is 11.3 Å². The largest absolute Gasteiger partial charge is 0.310 e. The van der Waals surface area contributed by atoms with Gasteiger partial charge in [0.1, 0.15) is 0 Å². The van der Waals surface area contributed by atoms with Crippen molar-refractivity contribution in [1.82, 2.24) is 10.3 Å². The maximum absolute atomic E-state index is 4.88. The van der Waals surface area contributed by atoms with Gasteiger partial charge in [0.25, 0.3) is 0 Å². The highest BCUT2D eigenvalue weighted by Crippen LogP contribution is 2.30. The van der Waals surface area contributed by atoms with Gasteiger partial charge in [0, 0.05) is 22.9 Å². The maximum atomic E-state index is 4.88. The van der Waals surface area contributed by atoms with Crippen LogP contribution in [0.2, 0.25) is 0 Å². The molecule has 104 valence electrons. The SMILES string of the molecule is CC(C)Cc1nc(C(C)(C)C)sc1CNC(C)C. The van der Waals surface area contributed by atoms with Crippen molar-refractivity contribution in [2.45, 2.75) is 72.9 Å². The minimum Gasteiger partial charge on any atom is -0.310 e. The van der Waals surface area contributed by atoms with E-state index in [2.05, 4.69) is 53.8 Å². The van der Waals surface area contributed by atoms with Crippen molar-refractivity contribution in [2.75, 3.05) is 0 Å². The molecule has 0 aliphatic carbocycles. The summed E-state index contributed by atoms with van der Waals surface area (Å²) in [4.78, 5) is 6.30. The van der Waals surface area contributed by atoms with Gasteiger partial charge < -0.3 is 5.32 Å². The molecule has 0 spiro atoms. The summed E-state index contributed by atoms with van der Waals surface area (Å²) in [6.07, 6.45) is 1.09. The van der Waals surface area contributed by atoms with Crippen molar-refractivity contribution in [3.05, 3.63) is 15.6 Å². The minimum absolute atomic E-state index is 0.159. The van der Waals surface area contributed by atoms with Gasteiger partial charge in [0.05, 0.1) is 10.7 Å². The summed E-state index contributed by atoms with van der Waals surface area (Å²) < 4.78 is 0. The van der Waals surface area contributed by atoms with Crippen molar-refractivity contribution in [3.8, 4) is 0 Å². The van der Waals surface area contributed by atoms with E-state index >= 15 is 0 Å². The molecule has 0 aliphatic rings. The first kappa shape index (κ1) is 15.6. The molecule has 2 nitrogen and oxygen atoms in total. The standard InChI is InChI=1S/C15H28N2S/c1-10(2)8-12-13(9-16-11(3)4)18-14(17-12)15(5,6)7/h10-11,16H,8-9H2,1-7H3. The third-order valence-corrected chi connectivity index (χ3v) is 4.22. The zero-order valence-corrected chi connectivity index (χ0v) is 13.7. The molecule has 0 bridgehead atoms. The Morgan fingerprint density at radius 3 is 2.22 bits per heavy atom. The fourth-order valence-electron chi connectivity index (χ4n) is 1.69. The van der Waals surface area contributed by atoms with E-state index in [1.54, 1.807) is 0 Å². The first-order chi connectivity index (χ1) is 8.20. The van der Waals surface area contributed by atoms with Crippen molar-refractivity contribution in [1.29, 1.82) is 0 Å². The molecule has 0 aromatic carbocycles. The molecular weight excluding hydrogens is 240 g/mol. The molecule has 18 heavy (non-hydrogen) atoms. The van der Waals surface area contributed by atoms with Crippen LogP contribution >= 0.6 is 11.3 Å². The number of hydrogen-bond donors (Lipinski definition) is 1. The second kappa shape index (κ2) is 6.16. The highest BCUT2D eigenvalue weighted by molar-refractivity contribution is 7.11. The fourth-order valence-corrected chi connectivity index (χ4v) is 2.78. The minimum atomic E-state index is 0.159. The Kier molecular flexibility index (Phi) is 5.35. The van der Waals surface area contributed by atoms with Gasteiger partial charge in [0.2, 0.25) is 0 Å². The van der Waals surface area contributed by atoms with Crippen LogP contribution in [0, 0.1) is 5.92 Å². The third kappa shape index (κ3) is 4.69. The normalized spacial score (nSPS) is 12.7. The number of thiazole rings is 1.